The fraction of sp³-hybridized carbons (Fsp3) is 0.672. The van der Waals surface area contributed by atoms with Crippen molar-refractivity contribution in [2.24, 2.45) is 0 Å². The summed E-state index contributed by atoms with van der Waals surface area (Å²) in [6.45, 7) is 6.42. The highest BCUT2D eigenvalue weighted by Gasteiger charge is 2.19. The van der Waals surface area contributed by atoms with Gasteiger partial charge in [0.25, 0.3) is 0 Å². The quantitative estimate of drug-likeness (QED) is 0.0262. The molecular formula is C58H96O6. The molecule has 64 heavy (non-hydrogen) atoms. The summed E-state index contributed by atoms with van der Waals surface area (Å²) in [5.74, 6) is -0.980. The van der Waals surface area contributed by atoms with Gasteiger partial charge in [-0.25, -0.2) is 0 Å². The predicted molar refractivity (Wildman–Crippen MR) is 274 cm³/mol. The van der Waals surface area contributed by atoms with Crippen LogP contribution in [0.5, 0.6) is 0 Å². The average Bonchev–Trinajstić information content (AvgIpc) is 3.29. The number of carbonyl (C=O) groups is 3. The van der Waals surface area contributed by atoms with Gasteiger partial charge in [-0.05, 0) is 103 Å². The molecule has 0 saturated heterocycles. The highest BCUT2D eigenvalue weighted by Crippen LogP contribution is 2.14. The van der Waals surface area contributed by atoms with E-state index in [-0.39, 0.29) is 37.5 Å². The average molecular weight is 889 g/mol. The summed E-state index contributed by atoms with van der Waals surface area (Å²) in [6.07, 6.45) is 68.2. The molecule has 0 fully saturated rings. The second-order valence-corrected chi connectivity index (χ2v) is 17.1. The van der Waals surface area contributed by atoms with Gasteiger partial charge in [0.1, 0.15) is 13.2 Å². The van der Waals surface area contributed by atoms with Crippen molar-refractivity contribution in [1.82, 2.24) is 0 Å². The zero-order chi connectivity index (χ0) is 46.5. The standard InChI is InChI=1S/C58H96O6/c1-4-7-10-13-16-19-22-25-27-28-29-30-32-34-37-40-43-46-49-52-58(61)64-55(53-62-56(59)50-47-44-41-38-35-24-21-18-15-12-9-6-3)54-63-57(60)51-48-45-42-39-36-33-31-26-23-20-17-14-11-8-5-2/h8,11,16-17,19-20,25-27,29-31,34,36-37,39,55H,4-7,9-10,12-15,18,21-24,28,32-33,35,38,40-54H2,1-3H3/b11-8-,19-16-,20-17-,27-25-,30-29-,31-26-,37-34-,39-36-/t55-/m0/s1. The topological polar surface area (TPSA) is 78.9 Å². The molecule has 0 aromatic heterocycles. The van der Waals surface area contributed by atoms with Crippen molar-refractivity contribution in [3.63, 3.8) is 0 Å². The molecule has 0 aromatic carbocycles. The van der Waals surface area contributed by atoms with Gasteiger partial charge in [0.2, 0.25) is 0 Å². The molecule has 6 heteroatoms. The van der Waals surface area contributed by atoms with Crippen LogP contribution in [0.15, 0.2) is 97.2 Å². The van der Waals surface area contributed by atoms with Crippen molar-refractivity contribution in [1.29, 1.82) is 0 Å². The Morgan fingerprint density at radius 1 is 0.328 bits per heavy atom. The van der Waals surface area contributed by atoms with Gasteiger partial charge >= 0.3 is 17.9 Å². The molecular weight excluding hydrogens is 793 g/mol. The predicted octanol–water partition coefficient (Wildman–Crippen LogP) is 17.4. The number of carbonyl (C=O) groups excluding carboxylic acids is 3. The second kappa shape index (κ2) is 52.0. The largest absolute Gasteiger partial charge is 0.462 e. The van der Waals surface area contributed by atoms with E-state index in [0.29, 0.717) is 12.8 Å². The van der Waals surface area contributed by atoms with E-state index in [9.17, 15) is 14.4 Å². The molecule has 0 aliphatic heterocycles. The minimum absolute atomic E-state index is 0.103. The maximum absolute atomic E-state index is 12.8. The van der Waals surface area contributed by atoms with Gasteiger partial charge in [0.15, 0.2) is 6.10 Å². The molecule has 0 radical (unpaired) electrons. The van der Waals surface area contributed by atoms with E-state index in [2.05, 4.69) is 118 Å². The van der Waals surface area contributed by atoms with Crippen LogP contribution in [0.1, 0.15) is 233 Å². The zero-order valence-corrected chi connectivity index (χ0v) is 41.5. The maximum atomic E-state index is 12.8. The first kappa shape index (κ1) is 60.3. The lowest BCUT2D eigenvalue weighted by atomic mass is 10.0. The Balaban J connectivity index is 4.51. The maximum Gasteiger partial charge on any atom is 0.306 e. The van der Waals surface area contributed by atoms with Gasteiger partial charge in [-0.15, -0.1) is 0 Å². The number of allylic oxidation sites excluding steroid dienone is 16. The molecule has 0 amide bonds. The fourth-order valence-corrected chi connectivity index (χ4v) is 6.89. The normalized spacial score (nSPS) is 12.9. The Hall–Kier alpha value is -3.67. The number of hydrogen-bond acceptors (Lipinski definition) is 6. The Labute approximate surface area is 394 Å². The Morgan fingerprint density at radius 2 is 0.609 bits per heavy atom. The van der Waals surface area contributed by atoms with Crippen LogP contribution in [0.25, 0.3) is 0 Å². The van der Waals surface area contributed by atoms with Crippen LogP contribution in [0.2, 0.25) is 0 Å². The summed E-state index contributed by atoms with van der Waals surface area (Å²) in [4.78, 5) is 38.0. The van der Waals surface area contributed by atoms with Crippen molar-refractivity contribution in [2.75, 3.05) is 13.2 Å². The minimum atomic E-state index is -0.810. The van der Waals surface area contributed by atoms with Crippen LogP contribution in [0.3, 0.4) is 0 Å². The number of unbranched alkanes of at least 4 members (excludes halogenated alkanes) is 19. The molecule has 0 saturated carbocycles. The summed E-state index contributed by atoms with van der Waals surface area (Å²) >= 11 is 0. The van der Waals surface area contributed by atoms with E-state index in [1.54, 1.807) is 0 Å². The van der Waals surface area contributed by atoms with Gasteiger partial charge in [0, 0.05) is 19.3 Å². The van der Waals surface area contributed by atoms with Gasteiger partial charge in [-0.1, -0.05) is 208 Å². The third kappa shape index (κ3) is 49.3. The molecule has 6 nitrogen and oxygen atoms in total. The summed E-state index contributed by atoms with van der Waals surface area (Å²) in [5.41, 5.74) is 0. The van der Waals surface area contributed by atoms with Crippen LogP contribution < -0.4 is 0 Å². The monoisotopic (exact) mass is 889 g/mol. The highest BCUT2D eigenvalue weighted by molar-refractivity contribution is 5.71. The molecule has 0 spiro atoms. The molecule has 0 heterocycles. The summed E-state index contributed by atoms with van der Waals surface area (Å²) in [7, 11) is 0. The van der Waals surface area contributed by atoms with E-state index in [1.165, 1.54) is 83.5 Å². The first-order chi connectivity index (χ1) is 31.5. The molecule has 0 unspecified atom stereocenters. The van der Waals surface area contributed by atoms with Gasteiger partial charge < -0.3 is 14.2 Å². The first-order valence-electron chi connectivity index (χ1n) is 26.2. The number of esters is 3. The summed E-state index contributed by atoms with van der Waals surface area (Å²) in [5, 5.41) is 0. The van der Waals surface area contributed by atoms with Crippen LogP contribution >= 0.6 is 0 Å². The number of hydrogen-bond donors (Lipinski definition) is 0. The molecule has 0 aliphatic rings. The van der Waals surface area contributed by atoms with Crippen LogP contribution in [0.4, 0.5) is 0 Å². The minimum Gasteiger partial charge on any atom is -0.462 e. The van der Waals surface area contributed by atoms with Crippen molar-refractivity contribution < 1.29 is 28.6 Å². The molecule has 1 atom stereocenters. The van der Waals surface area contributed by atoms with E-state index in [0.717, 1.165) is 109 Å². The zero-order valence-electron chi connectivity index (χ0n) is 41.5. The lowest BCUT2D eigenvalue weighted by Gasteiger charge is -2.18. The molecule has 0 rings (SSSR count). The van der Waals surface area contributed by atoms with E-state index in [4.69, 9.17) is 14.2 Å². The van der Waals surface area contributed by atoms with Gasteiger partial charge in [0.05, 0.1) is 0 Å². The first-order valence-corrected chi connectivity index (χ1v) is 26.2. The van der Waals surface area contributed by atoms with E-state index >= 15 is 0 Å². The lowest BCUT2D eigenvalue weighted by Crippen LogP contribution is -2.30. The fourth-order valence-electron chi connectivity index (χ4n) is 6.89. The summed E-state index contributed by atoms with van der Waals surface area (Å²) < 4.78 is 16.7. The highest BCUT2D eigenvalue weighted by atomic mass is 16.6. The molecule has 0 aromatic rings. The van der Waals surface area contributed by atoms with E-state index < -0.39 is 6.10 Å². The third-order valence-electron chi connectivity index (χ3n) is 10.8. The van der Waals surface area contributed by atoms with Gasteiger partial charge in [-0.2, -0.15) is 0 Å². The Kier molecular flexibility index (Phi) is 49.0. The number of ether oxygens (including phenoxy) is 3. The van der Waals surface area contributed by atoms with E-state index in [1.807, 2.05) is 0 Å². The lowest BCUT2D eigenvalue weighted by molar-refractivity contribution is -0.167. The van der Waals surface area contributed by atoms with Crippen molar-refractivity contribution in [3.8, 4) is 0 Å². The van der Waals surface area contributed by atoms with Crippen molar-refractivity contribution >= 4 is 17.9 Å². The van der Waals surface area contributed by atoms with Crippen LogP contribution in [-0.2, 0) is 28.6 Å². The third-order valence-corrected chi connectivity index (χ3v) is 10.8. The molecule has 364 valence electrons. The van der Waals surface area contributed by atoms with Crippen LogP contribution in [-0.4, -0.2) is 37.2 Å². The van der Waals surface area contributed by atoms with Gasteiger partial charge in [-0.3, -0.25) is 14.4 Å². The number of rotatable bonds is 46. The molecule has 0 bridgehead atoms. The van der Waals surface area contributed by atoms with Crippen molar-refractivity contribution in [2.45, 2.75) is 239 Å². The Bertz CT molecular complexity index is 1300. The molecule has 0 aliphatic carbocycles. The molecule has 0 N–H and O–H groups in total. The Morgan fingerprint density at radius 3 is 1.02 bits per heavy atom. The summed E-state index contributed by atoms with van der Waals surface area (Å²) in [6, 6.07) is 0. The van der Waals surface area contributed by atoms with Crippen molar-refractivity contribution in [3.05, 3.63) is 97.2 Å². The second-order valence-electron chi connectivity index (χ2n) is 17.1. The SMILES string of the molecule is CC/C=C\C/C=C\C/C=C\C/C=C\CCCCC(=O)OC[C@H](COC(=O)CCCCCCCCCCCCCC)OC(=O)CCCCC/C=C\C/C=C\C/C=C\C/C=C\CCCCC. The smallest absolute Gasteiger partial charge is 0.306 e. The van der Waals surface area contributed by atoms with Crippen LogP contribution in [0, 0.1) is 0 Å².